The average molecular weight is 315 g/mol. The van der Waals surface area contributed by atoms with Gasteiger partial charge in [0.1, 0.15) is 17.5 Å². The van der Waals surface area contributed by atoms with E-state index in [1.807, 2.05) is 30.5 Å². The molecule has 4 rings (SSSR count). The Balaban J connectivity index is 2.22. The molecule has 24 heavy (non-hydrogen) atoms. The second-order valence-corrected chi connectivity index (χ2v) is 5.47. The van der Waals surface area contributed by atoms with Gasteiger partial charge in [0, 0.05) is 33.4 Å². The van der Waals surface area contributed by atoms with Crippen LogP contribution in [0.4, 0.5) is 0 Å². The molecule has 2 aromatic carbocycles. The first-order valence-corrected chi connectivity index (χ1v) is 7.43. The van der Waals surface area contributed by atoms with Crippen molar-refractivity contribution in [1.82, 2.24) is 9.97 Å². The van der Waals surface area contributed by atoms with Crippen molar-refractivity contribution in [2.24, 2.45) is 0 Å². The summed E-state index contributed by atoms with van der Waals surface area (Å²) in [5.74, 6) is 0.638. The Bertz CT molecular complexity index is 1180. The van der Waals surface area contributed by atoms with Crippen molar-refractivity contribution < 1.29 is 4.74 Å². The summed E-state index contributed by atoms with van der Waals surface area (Å²) in [4.78, 5) is 18.2. The van der Waals surface area contributed by atoms with Crippen molar-refractivity contribution in [2.45, 2.75) is 0 Å². The molecule has 4 aromatic rings. The van der Waals surface area contributed by atoms with E-state index in [9.17, 15) is 10.1 Å². The van der Waals surface area contributed by atoms with Crippen LogP contribution in [0.2, 0.25) is 0 Å². The number of aromatic nitrogens is 2. The number of hydrogen-bond acceptors (Lipinski definition) is 3. The van der Waals surface area contributed by atoms with Gasteiger partial charge in [-0.3, -0.25) is 4.79 Å². The minimum Gasteiger partial charge on any atom is -0.497 e. The number of ether oxygens (including phenoxy) is 1. The van der Waals surface area contributed by atoms with Crippen LogP contribution in [-0.2, 0) is 0 Å². The molecule has 0 aliphatic rings. The highest BCUT2D eigenvalue weighted by Crippen LogP contribution is 2.35. The molecule has 0 atom stereocenters. The lowest BCUT2D eigenvalue weighted by molar-refractivity contribution is 0.415. The van der Waals surface area contributed by atoms with Crippen LogP contribution in [0.5, 0.6) is 5.75 Å². The van der Waals surface area contributed by atoms with Crippen LogP contribution < -0.4 is 10.3 Å². The maximum Gasteiger partial charge on any atom is 0.256 e. The number of pyridine rings is 1. The number of fused-ring (bicyclic) bond motifs is 2. The quantitative estimate of drug-likeness (QED) is 0.593. The highest BCUT2D eigenvalue weighted by Gasteiger charge is 2.16. The minimum atomic E-state index is -0.283. The lowest BCUT2D eigenvalue weighted by Gasteiger charge is -2.11. The maximum atomic E-state index is 12.3. The number of nitriles is 1. The van der Waals surface area contributed by atoms with Gasteiger partial charge in [-0.05, 0) is 35.9 Å². The van der Waals surface area contributed by atoms with Crippen molar-refractivity contribution in [3.8, 4) is 22.9 Å². The molecule has 0 bridgehead atoms. The third kappa shape index (κ3) is 1.97. The lowest BCUT2D eigenvalue weighted by atomic mass is 9.95. The number of nitrogens with zero attached hydrogens (tertiary/aromatic N) is 1. The second-order valence-electron chi connectivity index (χ2n) is 5.47. The smallest absolute Gasteiger partial charge is 0.256 e. The molecule has 5 nitrogen and oxygen atoms in total. The van der Waals surface area contributed by atoms with Gasteiger partial charge in [-0.25, -0.2) is 0 Å². The van der Waals surface area contributed by atoms with Crippen molar-refractivity contribution in [2.75, 3.05) is 7.11 Å². The summed E-state index contributed by atoms with van der Waals surface area (Å²) >= 11 is 0. The van der Waals surface area contributed by atoms with Crippen LogP contribution in [0.3, 0.4) is 0 Å². The molecular weight excluding hydrogens is 302 g/mol. The largest absolute Gasteiger partial charge is 0.497 e. The molecule has 0 radical (unpaired) electrons. The van der Waals surface area contributed by atoms with E-state index >= 15 is 0 Å². The molecule has 0 unspecified atom stereocenters. The first kappa shape index (κ1) is 14.1. The number of rotatable bonds is 2. The van der Waals surface area contributed by atoms with E-state index < -0.39 is 0 Å². The Morgan fingerprint density at radius 3 is 2.75 bits per heavy atom. The number of methoxy groups -OCH3 is 1. The molecule has 5 heteroatoms. The van der Waals surface area contributed by atoms with E-state index in [0.29, 0.717) is 22.1 Å². The standard InChI is InChI=1S/C19H13N3O2/c1-24-11-5-6-14-15(9-11)18(17(10-20)22-19(14)23)13-3-2-4-16-12(13)7-8-21-16/h2-9,21H,1H3,(H,22,23). The second kappa shape index (κ2) is 5.28. The van der Waals surface area contributed by atoms with E-state index in [1.165, 1.54) is 0 Å². The molecule has 0 fully saturated rings. The van der Waals surface area contributed by atoms with Crippen molar-refractivity contribution in [1.29, 1.82) is 5.26 Å². The van der Waals surface area contributed by atoms with Crippen LogP contribution in [0, 0.1) is 11.3 Å². The first-order chi connectivity index (χ1) is 11.7. The van der Waals surface area contributed by atoms with Gasteiger partial charge < -0.3 is 14.7 Å². The van der Waals surface area contributed by atoms with Gasteiger partial charge in [0.05, 0.1) is 7.11 Å². The molecule has 0 spiro atoms. The van der Waals surface area contributed by atoms with Crippen LogP contribution in [0.15, 0.2) is 53.5 Å². The topological polar surface area (TPSA) is 81.7 Å². The number of H-pyrrole nitrogens is 2. The third-order valence-corrected chi connectivity index (χ3v) is 4.21. The van der Waals surface area contributed by atoms with Gasteiger partial charge in [-0.15, -0.1) is 0 Å². The zero-order valence-corrected chi connectivity index (χ0v) is 12.9. The fraction of sp³-hybridized carbons (Fsp3) is 0.0526. The summed E-state index contributed by atoms with van der Waals surface area (Å²) in [7, 11) is 1.58. The van der Waals surface area contributed by atoms with E-state index in [-0.39, 0.29) is 11.3 Å². The van der Waals surface area contributed by atoms with E-state index in [0.717, 1.165) is 16.5 Å². The number of nitrogens with one attached hydrogen (secondary N) is 2. The van der Waals surface area contributed by atoms with Gasteiger partial charge in [0.15, 0.2) is 0 Å². The summed E-state index contributed by atoms with van der Waals surface area (Å²) in [6.07, 6.45) is 1.86. The Kier molecular flexibility index (Phi) is 3.10. The van der Waals surface area contributed by atoms with Crippen molar-refractivity contribution >= 4 is 21.7 Å². The molecule has 2 N–H and O–H groups in total. The molecule has 0 amide bonds. The maximum absolute atomic E-state index is 12.3. The van der Waals surface area contributed by atoms with E-state index in [2.05, 4.69) is 16.0 Å². The Morgan fingerprint density at radius 2 is 1.96 bits per heavy atom. The Labute approximate surface area is 137 Å². The molecule has 0 saturated carbocycles. The summed E-state index contributed by atoms with van der Waals surface area (Å²) in [5.41, 5.74) is 2.53. The Morgan fingerprint density at radius 1 is 1.08 bits per heavy atom. The zero-order chi connectivity index (χ0) is 16.7. The van der Waals surface area contributed by atoms with Crippen LogP contribution in [-0.4, -0.2) is 17.1 Å². The molecule has 2 heterocycles. The van der Waals surface area contributed by atoms with E-state index in [1.54, 1.807) is 25.3 Å². The number of aromatic amines is 2. The summed E-state index contributed by atoms with van der Waals surface area (Å²) < 4.78 is 5.30. The predicted molar refractivity (Wildman–Crippen MR) is 93.1 cm³/mol. The molecule has 0 aliphatic heterocycles. The molecule has 0 saturated heterocycles. The average Bonchev–Trinajstić information content (AvgIpc) is 3.10. The monoisotopic (exact) mass is 315 g/mol. The fourth-order valence-corrected chi connectivity index (χ4v) is 3.10. The van der Waals surface area contributed by atoms with Gasteiger partial charge in [0.25, 0.3) is 5.56 Å². The fourth-order valence-electron chi connectivity index (χ4n) is 3.10. The molecule has 0 aliphatic carbocycles. The lowest BCUT2D eigenvalue weighted by Crippen LogP contribution is -2.10. The van der Waals surface area contributed by atoms with Gasteiger partial charge in [-0.2, -0.15) is 5.26 Å². The van der Waals surface area contributed by atoms with Gasteiger partial charge in [0.2, 0.25) is 0 Å². The van der Waals surface area contributed by atoms with Gasteiger partial charge in [-0.1, -0.05) is 12.1 Å². The first-order valence-electron chi connectivity index (χ1n) is 7.43. The number of hydrogen-bond donors (Lipinski definition) is 2. The zero-order valence-electron chi connectivity index (χ0n) is 12.9. The van der Waals surface area contributed by atoms with Crippen molar-refractivity contribution in [3.63, 3.8) is 0 Å². The van der Waals surface area contributed by atoms with Crippen molar-refractivity contribution in [3.05, 3.63) is 64.7 Å². The molecule has 116 valence electrons. The minimum absolute atomic E-state index is 0.245. The normalized spacial score (nSPS) is 10.8. The summed E-state index contributed by atoms with van der Waals surface area (Å²) in [5, 5.41) is 11.8. The highest BCUT2D eigenvalue weighted by atomic mass is 16.5. The SMILES string of the molecule is COc1ccc2c(=O)[nH]c(C#N)c(-c3cccc4[nH]ccc34)c2c1. The Hall–Kier alpha value is -3.52. The predicted octanol–water partition coefficient (Wildman–Crippen LogP) is 3.56. The van der Waals surface area contributed by atoms with Crippen LogP contribution in [0.25, 0.3) is 32.8 Å². The van der Waals surface area contributed by atoms with Crippen LogP contribution >= 0.6 is 0 Å². The number of benzene rings is 2. The summed E-state index contributed by atoms with van der Waals surface area (Å²) in [6, 6.07) is 15.2. The van der Waals surface area contributed by atoms with E-state index in [4.69, 9.17) is 4.74 Å². The molecule has 2 aromatic heterocycles. The summed E-state index contributed by atoms with van der Waals surface area (Å²) in [6.45, 7) is 0. The molecular formula is C19H13N3O2. The third-order valence-electron chi connectivity index (χ3n) is 4.21. The van der Waals surface area contributed by atoms with Gasteiger partial charge >= 0.3 is 0 Å². The van der Waals surface area contributed by atoms with Crippen LogP contribution in [0.1, 0.15) is 5.69 Å². The highest BCUT2D eigenvalue weighted by molar-refractivity contribution is 6.06.